The lowest BCUT2D eigenvalue weighted by Gasteiger charge is -2.13. The van der Waals surface area contributed by atoms with Crippen molar-refractivity contribution in [2.75, 3.05) is 18.5 Å². The molecule has 0 spiro atoms. The molecule has 154 valence electrons. The highest BCUT2D eigenvalue weighted by Crippen LogP contribution is 2.31. The summed E-state index contributed by atoms with van der Waals surface area (Å²) in [6.07, 6.45) is 2.75. The monoisotopic (exact) mass is 403 g/mol. The number of nitrogens with one attached hydrogen (secondary N) is 2. The van der Waals surface area contributed by atoms with Gasteiger partial charge in [-0.05, 0) is 44.5 Å². The van der Waals surface area contributed by atoms with Crippen LogP contribution in [0.4, 0.5) is 5.69 Å². The van der Waals surface area contributed by atoms with Crippen molar-refractivity contribution in [3.05, 3.63) is 60.4 Å². The van der Waals surface area contributed by atoms with Gasteiger partial charge in [-0.15, -0.1) is 0 Å². The fourth-order valence-corrected chi connectivity index (χ4v) is 3.52. The van der Waals surface area contributed by atoms with Gasteiger partial charge < -0.3 is 19.8 Å². The van der Waals surface area contributed by atoms with Gasteiger partial charge in [0.1, 0.15) is 0 Å². The number of nitrogens with zero attached hydrogens (tertiary/aromatic N) is 1. The highest BCUT2D eigenvalue weighted by Gasteiger charge is 2.10. The molecule has 6 heteroatoms. The Balaban J connectivity index is 1.43. The van der Waals surface area contributed by atoms with Gasteiger partial charge in [0.05, 0.1) is 24.9 Å². The first kappa shape index (κ1) is 19.8. The number of rotatable bonds is 8. The van der Waals surface area contributed by atoms with Gasteiger partial charge >= 0.3 is 0 Å². The zero-order chi connectivity index (χ0) is 20.9. The lowest BCUT2D eigenvalue weighted by molar-refractivity contribution is -0.116. The van der Waals surface area contributed by atoms with E-state index >= 15 is 0 Å². The number of anilines is 1. The van der Waals surface area contributed by atoms with E-state index in [1.54, 1.807) is 6.07 Å². The van der Waals surface area contributed by atoms with E-state index in [0.717, 1.165) is 22.1 Å². The van der Waals surface area contributed by atoms with E-state index in [1.165, 1.54) is 5.39 Å². The van der Waals surface area contributed by atoms with Gasteiger partial charge in [-0.25, -0.2) is 0 Å². The molecule has 0 unspecified atom stereocenters. The molecule has 2 aromatic heterocycles. The number of ether oxygens (including phenoxy) is 2. The summed E-state index contributed by atoms with van der Waals surface area (Å²) in [4.78, 5) is 20.3. The SMILES string of the molecule is CCOc1ccc(NC(=O)CCc2cc3c(cn2)[nH]c2ccccc23)cc1OCC. The van der Waals surface area contributed by atoms with Crippen LogP contribution >= 0.6 is 0 Å². The molecule has 2 aromatic carbocycles. The third kappa shape index (κ3) is 4.22. The summed E-state index contributed by atoms with van der Waals surface area (Å²) in [5.74, 6) is 1.24. The standard InChI is InChI=1S/C24H25N3O3/c1-3-29-22-11-9-17(14-23(22)30-4-2)26-24(28)12-10-16-13-19-18-7-5-6-8-20(18)27-21(19)15-25-16/h5-9,11,13-15,27H,3-4,10,12H2,1-2H3,(H,26,28). The predicted molar refractivity (Wildman–Crippen MR) is 119 cm³/mol. The van der Waals surface area contributed by atoms with Crippen LogP contribution in [0.15, 0.2) is 54.7 Å². The molecular formula is C24H25N3O3. The highest BCUT2D eigenvalue weighted by atomic mass is 16.5. The maximum atomic E-state index is 12.5. The normalized spacial score (nSPS) is 11.0. The third-order valence-electron chi connectivity index (χ3n) is 4.88. The predicted octanol–water partition coefficient (Wildman–Crippen LogP) is 5.08. The van der Waals surface area contributed by atoms with Crippen molar-refractivity contribution in [2.24, 2.45) is 0 Å². The van der Waals surface area contributed by atoms with Crippen molar-refractivity contribution in [2.45, 2.75) is 26.7 Å². The Labute approximate surface area is 175 Å². The summed E-state index contributed by atoms with van der Waals surface area (Å²) in [6.45, 7) is 4.92. The molecule has 0 fully saturated rings. The fourth-order valence-electron chi connectivity index (χ4n) is 3.52. The number of carbonyl (C=O) groups is 1. The second-order valence-electron chi connectivity index (χ2n) is 6.97. The van der Waals surface area contributed by atoms with Crippen molar-refractivity contribution < 1.29 is 14.3 Å². The minimum atomic E-state index is -0.0672. The van der Waals surface area contributed by atoms with Crippen molar-refractivity contribution in [3.8, 4) is 11.5 Å². The number of carbonyl (C=O) groups excluding carboxylic acids is 1. The third-order valence-corrected chi connectivity index (χ3v) is 4.88. The van der Waals surface area contributed by atoms with Crippen LogP contribution in [-0.4, -0.2) is 29.1 Å². The van der Waals surface area contributed by atoms with E-state index in [2.05, 4.69) is 33.5 Å². The molecule has 4 aromatic rings. The van der Waals surface area contributed by atoms with Crippen LogP contribution in [0.1, 0.15) is 26.0 Å². The number of benzene rings is 2. The molecule has 1 amide bonds. The molecule has 30 heavy (non-hydrogen) atoms. The lowest BCUT2D eigenvalue weighted by atomic mass is 10.1. The maximum absolute atomic E-state index is 12.5. The Morgan fingerprint density at radius 3 is 2.60 bits per heavy atom. The van der Waals surface area contributed by atoms with Gasteiger partial charge in [0.25, 0.3) is 0 Å². The lowest BCUT2D eigenvalue weighted by Crippen LogP contribution is -2.13. The van der Waals surface area contributed by atoms with Crippen molar-refractivity contribution in [1.82, 2.24) is 9.97 Å². The second-order valence-corrected chi connectivity index (χ2v) is 6.97. The summed E-state index contributed by atoms with van der Waals surface area (Å²) in [5, 5.41) is 5.23. The van der Waals surface area contributed by atoms with Gasteiger partial charge in [0, 0.05) is 40.2 Å². The Morgan fingerprint density at radius 2 is 1.77 bits per heavy atom. The molecule has 0 aliphatic carbocycles. The van der Waals surface area contributed by atoms with Crippen LogP contribution in [0.3, 0.4) is 0 Å². The quantitative estimate of drug-likeness (QED) is 0.430. The topological polar surface area (TPSA) is 76.2 Å². The maximum Gasteiger partial charge on any atom is 0.224 e. The van der Waals surface area contributed by atoms with Gasteiger partial charge in [0.2, 0.25) is 5.91 Å². The van der Waals surface area contributed by atoms with E-state index in [9.17, 15) is 4.79 Å². The van der Waals surface area contributed by atoms with Crippen molar-refractivity contribution in [1.29, 1.82) is 0 Å². The summed E-state index contributed by atoms with van der Waals surface area (Å²) >= 11 is 0. The minimum absolute atomic E-state index is 0.0672. The number of hydrogen-bond acceptors (Lipinski definition) is 4. The first-order chi connectivity index (χ1) is 14.7. The van der Waals surface area contributed by atoms with Gasteiger partial charge in [-0.3, -0.25) is 9.78 Å². The summed E-state index contributed by atoms with van der Waals surface area (Å²) in [6, 6.07) is 15.7. The summed E-state index contributed by atoms with van der Waals surface area (Å²) in [7, 11) is 0. The van der Waals surface area contributed by atoms with E-state index in [4.69, 9.17) is 9.47 Å². The largest absolute Gasteiger partial charge is 0.490 e. The number of hydrogen-bond donors (Lipinski definition) is 2. The van der Waals surface area contributed by atoms with Crippen LogP contribution in [0.2, 0.25) is 0 Å². The number of aromatic nitrogens is 2. The first-order valence-electron chi connectivity index (χ1n) is 10.2. The van der Waals surface area contributed by atoms with Crippen LogP contribution in [0, 0.1) is 0 Å². The molecule has 0 radical (unpaired) electrons. The Kier molecular flexibility index (Phi) is 5.84. The van der Waals surface area contributed by atoms with E-state index in [0.29, 0.717) is 43.2 Å². The van der Waals surface area contributed by atoms with Crippen LogP contribution < -0.4 is 14.8 Å². The first-order valence-corrected chi connectivity index (χ1v) is 10.2. The Bertz CT molecular complexity index is 1180. The van der Waals surface area contributed by atoms with Crippen LogP contribution in [0.5, 0.6) is 11.5 Å². The number of pyridine rings is 1. The number of aryl methyl sites for hydroxylation is 1. The number of aromatic amines is 1. The molecule has 0 aliphatic rings. The molecular weight excluding hydrogens is 378 g/mol. The molecule has 6 nitrogen and oxygen atoms in total. The summed E-state index contributed by atoms with van der Waals surface area (Å²) < 4.78 is 11.2. The minimum Gasteiger partial charge on any atom is -0.490 e. The molecule has 0 saturated heterocycles. The average molecular weight is 403 g/mol. The molecule has 0 saturated carbocycles. The Morgan fingerprint density at radius 1 is 0.967 bits per heavy atom. The number of fused-ring (bicyclic) bond motifs is 3. The van der Waals surface area contributed by atoms with E-state index < -0.39 is 0 Å². The van der Waals surface area contributed by atoms with E-state index in [1.807, 2.05) is 44.3 Å². The summed E-state index contributed by atoms with van der Waals surface area (Å²) in [5.41, 5.74) is 3.67. The fraction of sp³-hybridized carbons (Fsp3) is 0.250. The number of amides is 1. The molecule has 0 aliphatic heterocycles. The van der Waals surface area contributed by atoms with E-state index in [-0.39, 0.29) is 5.91 Å². The second kappa shape index (κ2) is 8.86. The zero-order valence-corrected chi connectivity index (χ0v) is 17.2. The molecule has 0 bridgehead atoms. The van der Waals surface area contributed by atoms with Crippen LogP contribution in [0.25, 0.3) is 21.8 Å². The van der Waals surface area contributed by atoms with Crippen LogP contribution in [-0.2, 0) is 11.2 Å². The van der Waals surface area contributed by atoms with Gasteiger partial charge in [-0.1, -0.05) is 18.2 Å². The smallest absolute Gasteiger partial charge is 0.224 e. The van der Waals surface area contributed by atoms with Gasteiger partial charge in [0.15, 0.2) is 11.5 Å². The average Bonchev–Trinajstić information content (AvgIpc) is 3.12. The molecule has 4 rings (SSSR count). The Hall–Kier alpha value is -3.54. The zero-order valence-electron chi connectivity index (χ0n) is 17.2. The number of para-hydroxylation sites is 1. The number of H-pyrrole nitrogens is 1. The van der Waals surface area contributed by atoms with Gasteiger partial charge in [-0.2, -0.15) is 0 Å². The molecule has 0 atom stereocenters. The highest BCUT2D eigenvalue weighted by molar-refractivity contribution is 6.07. The molecule has 2 heterocycles. The van der Waals surface area contributed by atoms with Crippen molar-refractivity contribution >= 4 is 33.4 Å². The van der Waals surface area contributed by atoms with Crippen molar-refractivity contribution in [3.63, 3.8) is 0 Å². The molecule has 2 N–H and O–H groups in total.